The molecule has 1 amide bonds. The van der Waals surface area contributed by atoms with Gasteiger partial charge in [-0.2, -0.15) is 5.10 Å². The van der Waals surface area contributed by atoms with Crippen molar-refractivity contribution in [2.75, 3.05) is 20.6 Å². The molecule has 2 aromatic heterocycles. The van der Waals surface area contributed by atoms with Crippen molar-refractivity contribution in [1.82, 2.24) is 20.0 Å². The summed E-state index contributed by atoms with van der Waals surface area (Å²) < 4.78 is 1.39. The lowest BCUT2D eigenvalue weighted by molar-refractivity contribution is 0.0936. The van der Waals surface area contributed by atoms with Gasteiger partial charge >= 0.3 is 0 Å². The van der Waals surface area contributed by atoms with Gasteiger partial charge in [-0.05, 0) is 38.0 Å². The zero-order valence-corrected chi connectivity index (χ0v) is 16.6. The maximum Gasteiger partial charge on any atom is 0.274 e. The molecule has 3 aromatic rings. The quantitative estimate of drug-likeness (QED) is 0.680. The first-order valence-corrected chi connectivity index (χ1v) is 9.88. The van der Waals surface area contributed by atoms with E-state index >= 15 is 0 Å². The molecule has 6 nitrogen and oxygen atoms in total. The molecular weight excluding hydrogens is 360 g/mol. The van der Waals surface area contributed by atoms with Gasteiger partial charge in [0.2, 0.25) is 0 Å². The predicted octanol–water partition coefficient (Wildman–Crippen LogP) is 2.90. The Morgan fingerprint density at radius 2 is 1.96 bits per heavy atom. The van der Waals surface area contributed by atoms with Crippen LogP contribution in [0.4, 0.5) is 0 Å². The van der Waals surface area contributed by atoms with Crippen molar-refractivity contribution in [3.63, 3.8) is 0 Å². The Bertz CT molecular complexity index is 979. The number of carbonyl (C=O) groups excluding carboxylic acids is 1. The number of nitrogens with zero attached hydrogens (tertiary/aromatic N) is 3. The van der Waals surface area contributed by atoms with E-state index in [4.69, 9.17) is 0 Å². The summed E-state index contributed by atoms with van der Waals surface area (Å²) in [4.78, 5) is 28.8. The predicted molar refractivity (Wildman–Crippen MR) is 109 cm³/mol. The Kier molecular flexibility index (Phi) is 6.03. The van der Waals surface area contributed by atoms with Crippen molar-refractivity contribution in [3.8, 4) is 0 Å². The monoisotopic (exact) mass is 384 g/mol. The second-order valence-electron chi connectivity index (χ2n) is 6.63. The van der Waals surface area contributed by atoms with Gasteiger partial charge < -0.3 is 10.2 Å². The number of thiophene rings is 1. The number of aryl methyl sites for hydroxylation is 1. The number of aromatic nitrogens is 2. The van der Waals surface area contributed by atoms with Crippen molar-refractivity contribution < 1.29 is 4.79 Å². The van der Waals surface area contributed by atoms with Gasteiger partial charge in [-0.15, -0.1) is 11.3 Å². The van der Waals surface area contributed by atoms with Crippen LogP contribution in [-0.2, 0) is 6.54 Å². The minimum atomic E-state index is -0.264. The summed E-state index contributed by atoms with van der Waals surface area (Å²) in [6, 6.07) is 11.3. The number of rotatable bonds is 7. The van der Waals surface area contributed by atoms with Gasteiger partial charge in [0.1, 0.15) is 0 Å². The highest BCUT2D eigenvalue weighted by Gasteiger charge is 2.20. The van der Waals surface area contributed by atoms with Crippen LogP contribution in [0.15, 0.2) is 46.6 Å². The topological polar surface area (TPSA) is 67.2 Å². The summed E-state index contributed by atoms with van der Waals surface area (Å²) in [5, 5.41) is 10.5. The van der Waals surface area contributed by atoms with E-state index in [1.54, 1.807) is 29.5 Å². The molecule has 1 unspecified atom stereocenters. The molecule has 0 aliphatic rings. The zero-order valence-electron chi connectivity index (χ0n) is 15.8. The third-order valence-corrected chi connectivity index (χ3v) is 5.44. The molecule has 142 valence electrons. The van der Waals surface area contributed by atoms with Crippen LogP contribution < -0.4 is 10.9 Å². The number of nitrogens with one attached hydrogen (secondary N) is 1. The Labute approximate surface area is 162 Å². The minimum absolute atomic E-state index is 0.0850. The van der Waals surface area contributed by atoms with Crippen molar-refractivity contribution in [2.45, 2.75) is 25.9 Å². The normalized spacial score (nSPS) is 12.4. The molecule has 2 heterocycles. The number of hydrogen-bond acceptors (Lipinski definition) is 5. The first kappa shape index (κ1) is 19.3. The minimum Gasteiger partial charge on any atom is -0.349 e. The Morgan fingerprint density at radius 1 is 1.22 bits per heavy atom. The summed E-state index contributed by atoms with van der Waals surface area (Å²) in [6.07, 6.45) is 0.771. The van der Waals surface area contributed by atoms with Crippen LogP contribution in [0, 0.1) is 0 Å². The number of amides is 1. The maximum atomic E-state index is 12.9. The average Bonchev–Trinajstić information content (AvgIpc) is 3.18. The third-order valence-electron chi connectivity index (χ3n) is 4.47. The molecule has 1 N–H and O–H groups in total. The van der Waals surface area contributed by atoms with Gasteiger partial charge in [-0.25, -0.2) is 4.68 Å². The van der Waals surface area contributed by atoms with E-state index in [0.29, 0.717) is 29.6 Å². The summed E-state index contributed by atoms with van der Waals surface area (Å²) in [5.74, 6) is -0.264. The molecule has 0 aliphatic heterocycles. The van der Waals surface area contributed by atoms with E-state index in [2.05, 4.69) is 21.4 Å². The lowest BCUT2D eigenvalue weighted by Crippen LogP contribution is -2.36. The van der Waals surface area contributed by atoms with Gasteiger partial charge in [0.25, 0.3) is 11.5 Å². The van der Waals surface area contributed by atoms with E-state index in [1.165, 1.54) is 9.56 Å². The maximum absolute atomic E-state index is 12.9. The van der Waals surface area contributed by atoms with Crippen LogP contribution >= 0.6 is 11.3 Å². The summed E-state index contributed by atoms with van der Waals surface area (Å²) in [6.45, 7) is 2.93. The molecule has 1 aromatic carbocycles. The number of likely N-dealkylation sites (N-methyl/N-ethyl adjacent to an activating group) is 1. The molecule has 0 spiro atoms. The van der Waals surface area contributed by atoms with Crippen LogP contribution in [0.5, 0.6) is 0 Å². The van der Waals surface area contributed by atoms with E-state index < -0.39 is 0 Å². The Hall–Kier alpha value is -2.51. The van der Waals surface area contributed by atoms with E-state index in [0.717, 1.165) is 6.42 Å². The fourth-order valence-corrected chi connectivity index (χ4v) is 3.98. The Morgan fingerprint density at radius 3 is 2.59 bits per heavy atom. The molecule has 27 heavy (non-hydrogen) atoms. The van der Waals surface area contributed by atoms with Gasteiger partial charge in [0, 0.05) is 23.4 Å². The van der Waals surface area contributed by atoms with Crippen LogP contribution in [0.25, 0.3) is 10.8 Å². The smallest absolute Gasteiger partial charge is 0.274 e. The molecule has 0 fully saturated rings. The zero-order chi connectivity index (χ0) is 19.4. The number of fused-ring (bicyclic) bond motifs is 1. The summed E-state index contributed by atoms with van der Waals surface area (Å²) in [7, 11) is 3.98. The lowest BCUT2D eigenvalue weighted by atomic mass is 10.1. The molecule has 0 radical (unpaired) electrons. The highest BCUT2D eigenvalue weighted by atomic mass is 32.1. The van der Waals surface area contributed by atoms with Crippen LogP contribution in [0.1, 0.15) is 34.8 Å². The molecule has 0 saturated carbocycles. The number of benzene rings is 1. The SMILES string of the molecule is CCCn1nc(C(=O)NCC(c2cccs2)N(C)C)c2ccccc2c1=O. The highest BCUT2D eigenvalue weighted by molar-refractivity contribution is 7.10. The van der Waals surface area contributed by atoms with Crippen LogP contribution in [0.2, 0.25) is 0 Å². The second-order valence-corrected chi connectivity index (χ2v) is 7.61. The number of carbonyl (C=O) groups is 1. The number of hydrogen-bond donors (Lipinski definition) is 1. The molecule has 7 heteroatoms. The van der Waals surface area contributed by atoms with Crippen LogP contribution in [0.3, 0.4) is 0 Å². The third kappa shape index (κ3) is 4.09. The molecule has 0 aliphatic carbocycles. The Balaban J connectivity index is 1.91. The van der Waals surface area contributed by atoms with Gasteiger partial charge in [-0.1, -0.05) is 31.2 Å². The van der Waals surface area contributed by atoms with E-state index in [1.807, 2.05) is 38.5 Å². The fourth-order valence-electron chi connectivity index (χ4n) is 3.06. The first-order chi connectivity index (χ1) is 13.0. The van der Waals surface area contributed by atoms with E-state index in [-0.39, 0.29) is 17.5 Å². The molecule has 1 atom stereocenters. The molecule has 0 bridgehead atoms. The van der Waals surface area contributed by atoms with E-state index in [9.17, 15) is 9.59 Å². The largest absolute Gasteiger partial charge is 0.349 e. The lowest BCUT2D eigenvalue weighted by Gasteiger charge is -2.23. The average molecular weight is 385 g/mol. The van der Waals surface area contributed by atoms with Crippen molar-refractivity contribution >= 4 is 28.0 Å². The summed E-state index contributed by atoms with van der Waals surface area (Å²) >= 11 is 1.67. The van der Waals surface area contributed by atoms with Gasteiger partial charge in [0.05, 0.1) is 11.4 Å². The van der Waals surface area contributed by atoms with Crippen molar-refractivity contribution in [3.05, 3.63) is 62.7 Å². The second kappa shape index (κ2) is 8.45. The molecule has 3 rings (SSSR count). The molecular formula is C20H24N4O2S. The van der Waals surface area contributed by atoms with Crippen LogP contribution in [-0.4, -0.2) is 41.2 Å². The first-order valence-electron chi connectivity index (χ1n) is 9.00. The highest BCUT2D eigenvalue weighted by Crippen LogP contribution is 2.22. The van der Waals surface area contributed by atoms with Gasteiger partial charge in [0.15, 0.2) is 5.69 Å². The van der Waals surface area contributed by atoms with Gasteiger partial charge in [-0.3, -0.25) is 9.59 Å². The summed E-state index contributed by atoms with van der Waals surface area (Å²) in [5.41, 5.74) is 0.135. The standard InChI is InChI=1S/C20H24N4O2S/c1-4-11-24-20(26)15-9-6-5-8-14(15)18(22-24)19(25)21-13-16(23(2)3)17-10-7-12-27-17/h5-10,12,16H,4,11,13H2,1-3H3,(H,21,25). The fraction of sp³-hybridized carbons (Fsp3) is 0.350. The van der Waals surface area contributed by atoms with Crippen molar-refractivity contribution in [2.24, 2.45) is 0 Å². The van der Waals surface area contributed by atoms with Crippen molar-refractivity contribution in [1.29, 1.82) is 0 Å². The molecule has 0 saturated heterocycles.